The molecule has 2 saturated carbocycles. The van der Waals surface area contributed by atoms with Gasteiger partial charge in [0.1, 0.15) is 0 Å². The predicted molar refractivity (Wildman–Crippen MR) is 67.6 cm³/mol. The molecule has 0 aromatic rings. The monoisotopic (exact) mass is 225 g/mol. The largest absolute Gasteiger partial charge is 0.374 e. The maximum atomic E-state index is 6.15. The van der Waals surface area contributed by atoms with Crippen molar-refractivity contribution in [3.63, 3.8) is 0 Å². The minimum absolute atomic E-state index is 0.166. The van der Waals surface area contributed by atoms with Gasteiger partial charge in [0.15, 0.2) is 0 Å². The van der Waals surface area contributed by atoms with Gasteiger partial charge in [-0.15, -0.1) is 0 Å². The summed E-state index contributed by atoms with van der Waals surface area (Å²) in [6.45, 7) is 3.00. The maximum Gasteiger partial charge on any atom is 0.0834 e. The molecule has 0 heterocycles. The van der Waals surface area contributed by atoms with E-state index >= 15 is 0 Å². The van der Waals surface area contributed by atoms with Gasteiger partial charge in [-0.2, -0.15) is 0 Å². The van der Waals surface area contributed by atoms with Crippen LogP contribution >= 0.6 is 0 Å². The molecule has 0 aliphatic heterocycles. The Kier molecular flexibility index (Phi) is 4.26. The molecular weight excluding hydrogens is 198 g/mol. The van der Waals surface area contributed by atoms with Crippen molar-refractivity contribution < 1.29 is 4.74 Å². The molecule has 2 aliphatic rings. The molecule has 0 spiro atoms. The zero-order valence-electron chi connectivity index (χ0n) is 10.9. The standard InChI is InChI=1S/C14H27NO/c1-3-16-14(9-4-5-10-14)13(15-2)11-12-7-6-8-12/h12-13,15H,3-11H2,1-2H3. The molecule has 2 fully saturated rings. The molecule has 16 heavy (non-hydrogen) atoms. The second-order valence-electron chi connectivity index (χ2n) is 5.58. The maximum absolute atomic E-state index is 6.15. The van der Waals surface area contributed by atoms with Crippen LogP contribution in [0.3, 0.4) is 0 Å². The van der Waals surface area contributed by atoms with Crippen LogP contribution in [0.25, 0.3) is 0 Å². The van der Waals surface area contributed by atoms with E-state index in [-0.39, 0.29) is 5.60 Å². The van der Waals surface area contributed by atoms with E-state index in [0.717, 1.165) is 12.5 Å². The third-order valence-corrected chi connectivity index (χ3v) is 4.66. The highest BCUT2D eigenvalue weighted by molar-refractivity contribution is 4.98. The van der Waals surface area contributed by atoms with Crippen molar-refractivity contribution in [1.29, 1.82) is 0 Å². The lowest BCUT2D eigenvalue weighted by Crippen LogP contribution is -2.51. The Morgan fingerprint density at radius 3 is 2.38 bits per heavy atom. The molecular formula is C14H27NO. The second kappa shape index (κ2) is 5.50. The van der Waals surface area contributed by atoms with Gasteiger partial charge in [0.25, 0.3) is 0 Å². The van der Waals surface area contributed by atoms with Crippen LogP contribution < -0.4 is 5.32 Å². The molecule has 1 N–H and O–H groups in total. The summed E-state index contributed by atoms with van der Waals surface area (Å²) in [5.74, 6) is 0.968. The molecule has 1 unspecified atom stereocenters. The van der Waals surface area contributed by atoms with Gasteiger partial charge in [0.2, 0.25) is 0 Å². The van der Waals surface area contributed by atoms with Crippen LogP contribution in [0.1, 0.15) is 58.3 Å². The van der Waals surface area contributed by atoms with Gasteiger partial charge in [-0.05, 0) is 39.2 Å². The molecule has 0 radical (unpaired) electrons. The van der Waals surface area contributed by atoms with Crippen LogP contribution in [0.4, 0.5) is 0 Å². The number of ether oxygens (including phenoxy) is 1. The first-order chi connectivity index (χ1) is 7.80. The van der Waals surface area contributed by atoms with Crippen LogP contribution in [-0.2, 0) is 4.74 Å². The van der Waals surface area contributed by atoms with Crippen LogP contribution in [-0.4, -0.2) is 25.3 Å². The summed E-state index contributed by atoms with van der Waals surface area (Å²) in [7, 11) is 2.11. The van der Waals surface area contributed by atoms with Crippen molar-refractivity contribution in [3.05, 3.63) is 0 Å². The van der Waals surface area contributed by atoms with E-state index in [4.69, 9.17) is 4.74 Å². The first-order valence-electron chi connectivity index (χ1n) is 7.12. The van der Waals surface area contributed by atoms with E-state index < -0.39 is 0 Å². The molecule has 2 heteroatoms. The zero-order valence-corrected chi connectivity index (χ0v) is 10.9. The van der Waals surface area contributed by atoms with Crippen molar-refractivity contribution >= 4 is 0 Å². The Hall–Kier alpha value is -0.0800. The summed E-state index contributed by atoms with van der Waals surface area (Å²) in [5, 5.41) is 3.54. The van der Waals surface area contributed by atoms with Gasteiger partial charge in [-0.25, -0.2) is 0 Å². The fourth-order valence-corrected chi connectivity index (χ4v) is 3.51. The van der Waals surface area contributed by atoms with E-state index in [0.29, 0.717) is 6.04 Å². The third-order valence-electron chi connectivity index (χ3n) is 4.66. The Morgan fingerprint density at radius 2 is 1.94 bits per heavy atom. The van der Waals surface area contributed by atoms with Gasteiger partial charge < -0.3 is 10.1 Å². The number of nitrogens with one attached hydrogen (secondary N) is 1. The average Bonchev–Trinajstić information content (AvgIpc) is 2.66. The molecule has 0 saturated heterocycles. The summed E-state index contributed by atoms with van der Waals surface area (Å²) in [6, 6.07) is 0.584. The molecule has 2 nitrogen and oxygen atoms in total. The zero-order chi connectivity index (χ0) is 11.4. The molecule has 0 aromatic carbocycles. The summed E-state index contributed by atoms with van der Waals surface area (Å²) in [5.41, 5.74) is 0.166. The predicted octanol–water partition coefficient (Wildman–Crippen LogP) is 3.11. The van der Waals surface area contributed by atoms with Crippen molar-refractivity contribution in [3.8, 4) is 0 Å². The molecule has 2 aliphatic carbocycles. The van der Waals surface area contributed by atoms with Crippen LogP contribution in [0.2, 0.25) is 0 Å². The Labute approximate surface area is 100 Å². The number of hydrogen-bond acceptors (Lipinski definition) is 2. The van der Waals surface area contributed by atoms with E-state index in [1.807, 2.05) is 0 Å². The normalized spacial score (nSPS) is 26.6. The van der Waals surface area contributed by atoms with Gasteiger partial charge in [-0.1, -0.05) is 32.1 Å². The quantitative estimate of drug-likeness (QED) is 0.750. The smallest absolute Gasteiger partial charge is 0.0834 e. The van der Waals surface area contributed by atoms with E-state index in [1.165, 1.54) is 51.4 Å². The topological polar surface area (TPSA) is 21.3 Å². The lowest BCUT2D eigenvalue weighted by molar-refractivity contribution is -0.0670. The minimum atomic E-state index is 0.166. The average molecular weight is 225 g/mol. The SMILES string of the molecule is CCOC1(C(CC2CCC2)NC)CCCC1. The lowest BCUT2D eigenvalue weighted by Gasteiger charge is -2.40. The van der Waals surface area contributed by atoms with E-state index in [2.05, 4.69) is 19.3 Å². The molecule has 2 rings (SSSR count). The summed E-state index contributed by atoms with van der Waals surface area (Å²) in [4.78, 5) is 0. The Balaban J connectivity index is 1.96. The van der Waals surface area contributed by atoms with Crippen LogP contribution in [0.5, 0.6) is 0 Å². The van der Waals surface area contributed by atoms with Gasteiger partial charge in [-0.3, -0.25) is 0 Å². The molecule has 0 amide bonds. The highest BCUT2D eigenvalue weighted by atomic mass is 16.5. The van der Waals surface area contributed by atoms with Crippen LogP contribution in [0, 0.1) is 5.92 Å². The lowest BCUT2D eigenvalue weighted by atomic mass is 9.76. The van der Waals surface area contributed by atoms with E-state index in [9.17, 15) is 0 Å². The fourth-order valence-electron chi connectivity index (χ4n) is 3.51. The van der Waals surface area contributed by atoms with Crippen molar-refractivity contribution in [2.75, 3.05) is 13.7 Å². The highest BCUT2D eigenvalue weighted by Gasteiger charge is 2.42. The second-order valence-corrected chi connectivity index (χ2v) is 5.58. The first kappa shape index (κ1) is 12.4. The van der Waals surface area contributed by atoms with Crippen molar-refractivity contribution in [1.82, 2.24) is 5.32 Å². The van der Waals surface area contributed by atoms with E-state index in [1.54, 1.807) is 0 Å². The summed E-state index contributed by atoms with van der Waals surface area (Å²) in [6.07, 6.45) is 10.9. The third kappa shape index (κ3) is 2.43. The number of likely N-dealkylation sites (N-methyl/N-ethyl adjacent to an activating group) is 1. The van der Waals surface area contributed by atoms with Gasteiger partial charge in [0.05, 0.1) is 5.60 Å². The summed E-state index contributed by atoms with van der Waals surface area (Å²) >= 11 is 0. The first-order valence-corrected chi connectivity index (χ1v) is 7.12. The molecule has 0 bridgehead atoms. The van der Waals surface area contributed by atoms with Gasteiger partial charge >= 0.3 is 0 Å². The highest BCUT2D eigenvalue weighted by Crippen LogP contribution is 2.41. The Morgan fingerprint density at radius 1 is 1.25 bits per heavy atom. The fraction of sp³-hybridized carbons (Fsp3) is 1.00. The molecule has 0 aromatic heterocycles. The van der Waals surface area contributed by atoms with Crippen molar-refractivity contribution in [2.24, 2.45) is 5.92 Å². The molecule has 1 atom stereocenters. The van der Waals surface area contributed by atoms with Crippen LogP contribution in [0.15, 0.2) is 0 Å². The minimum Gasteiger partial charge on any atom is -0.374 e. The van der Waals surface area contributed by atoms with Gasteiger partial charge in [0, 0.05) is 12.6 Å². The molecule has 94 valence electrons. The summed E-state index contributed by atoms with van der Waals surface area (Å²) < 4.78 is 6.15. The van der Waals surface area contributed by atoms with Crippen molar-refractivity contribution in [2.45, 2.75) is 69.9 Å². The number of rotatable bonds is 6. The number of hydrogen-bond donors (Lipinski definition) is 1. The Bertz CT molecular complexity index is 207.